The van der Waals surface area contributed by atoms with Crippen LogP contribution in [-0.4, -0.2) is 72.2 Å². The van der Waals surface area contributed by atoms with Crippen molar-refractivity contribution in [2.45, 2.75) is 25.0 Å². The molecule has 0 aromatic heterocycles. The zero-order valence-corrected chi connectivity index (χ0v) is 15.7. The summed E-state index contributed by atoms with van der Waals surface area (Å²) in [6, 6.07) is 6.72. The fraction of sp³-hybridized carbons (Fsp3) is 0.556. The minimum absolute atomic E-state index is 0. The maximum absolute atomic E-state index is 12.6. The van der Waals surface area contributed by atoms with Gasteiger partial charge in [-0.05, 0) is 37.1 Å². The minimum Gasteiger partial charge on any atom is -0.497 e. The molecule has 144 valence electrons. The highest BCUT2D eigenvalue weighted by Crippen LogP contribution is 2.27. The van der Waals surface area contributed by atoms with E-state index in [9.17, 15) is 14.7 Å². The van der Waals surface area contributed by atoms with E-state index >= 15 is 0 Å². The van der Waals surface area contributed by atoms with Crippen LogP contribution in [0.2, 0.25) is 0 Å². The fourth-order valence-electron chi connectivity index (χ4n) is 3.55. The molecule has 3 atom stereocenters. The van der Waals surface area contributed by atoms with Crippen LogP contribution in [0.4, 0.5) is 0 Å². The van der Waals surface area contributed by atoms with Crippen LogP contribution in [0.1, 0.15) is 23.2 Å². The average molecular weight is 384 g/mol. The number of carbonyl (C=O) groups is 2. The van der Waals surface area contributed by atoms with Gasteiger partial charge in [-0.25, -0.2) is 0 Å². The topological polar surface area (TPSA) is 96.1 Å². The monoisotopic (exact) mass is 383 g/mol. The third kappa shape index (κ3) is 4.28. The molecular formula is C18H26ClN3O4. The molecule has 7 nitrogen and oxygen atoms in total. The summed E-state index contributed by atoms with van der Waals surface area (Å²) in [5.41, 5.74) is 6.42. The lowest BCUT2D eigenvalue weighted by Crippen LogP contribution is -2.51. The van der Waals surface area contributed by atoms with Crippen molar-refractivity contribution in [3.8, 4) is 5.75 Å². The second-order valence-corrected chi connectivity index (χ2v) is 6.75. The Morgan fingerprint density at radius 2 is 1.65 bits per heavy atom. The van der Waals surface area contributed by atoms with E-state index in [1.165, 1.54) is 0 Å². The number of amides is 2. The van der Waals surface area contributed by atoms with Crippen LogP contribution in [-0.2, 0) is 4.79 Å². The Balaban J connectivity index is 0.00000243. The number of aliphatic hydroxyl groups is 1. The lowest BCUT2D eigenvalue weighted by atomic mass is 10.1. The molecule has 0 spiro atoms. The number of ether oxygens (including phenoxy) is 1. The van der Waals surface area contributed by atoms with Crippen LogP contribution in [0, 0.1) is 5.92 Å². The molecule has 1 aromatic rings. The first-order valence-electron chi connectivity index (χ1n) is 8.65. The molecule has 1 aromatic carbocycles. The zero-order chi connectivity index (χ0) is 18.0. The van der Waals surface area contributed by atoms with Gasteiger partial charge in [-0.2, -0.15) is 0 Å². The van der Waals surface area contributed by atoms with Crippen LogP contribution in [0.3, 0.4) is 0 Å². The summed E-state index contributed by atoms with van der Waals surface area (Å²) in [6.45, 7) is 2.06. The Labute approximate surface area is 159 Å². The van der Waals surface area contributed by atoms with E-state index in [0.29, 0.717) is 50.3 Å². The maximum Gasteiger partial charge on any atom is 0.253 e. The normalized spacial score (nSPS) is 25.6. The molecule has 1 saturated heterocycles. The quantitative estimate of drug-likeness (QED) is 0.792. The summed E-state index contributed by atoms with van der Waals surface area (Å²) in [5.74, 6) is 0.523. The molecular weight excluding hydrogens is 358 g/mol. The van der Waals surface area contributed by atoms with Crippen LogP contribution < -0.4 is 10.5 Å². The summed E-state index contributed by atoms with van der Waals surface area (Å²) >= 11 is 0. The molecule has 1 aliphatic carbocycles. The Bertz CT molecular complexity index is 622. The molecule has 3 rings (SSSR count). The molecule has 3 N–H and O–H groups in total. The highest BCUT2D eigenvalue weighted by atomic mass is 35.5. The molecule has 1 aliphatic heterocycles. The first-order chi connectivity index (χ1) is 12.0. The molecule has 1 heterocycles. The molecule has 0 bridgehead atoms. The summed E-state index contributed by atoms with van der Waals surface area (Å²) in [7, 11) is 1.59. The predicted molar refractivity (Wildman–Crippen MR) is 99.4 cm³/mol. The Morgan fingerprint density at radius 1 is 1.08 bits per heavy atom. The standard InChI is InChI=1S/C18H25N3O4.ClH/c1-25-14-4-2-12(3-5-14)17(23)20-6-8-21(9-7-20)18(24)13-10-15(19)16(22)11-13;/h2-5,13,15-16,22H,6-11,19H2,1H3;1H/t13-,15-,16-;/m0./s1. The number of aliphatic hydroxyl groups excluding tert-OH is 1. The largest absolute Gasteiger partial charge is 0.497 e. The highest BCUT2D eigenvalue weighted by molar-refractivity contribution is 5.94. The van der Waals surface area contributed by atoms with Crippen molar-refractivity contribution in [2.75, 3.05) is 33.3 Å². The molecule has 8 heteroatoms. The van der Waals surface area contributed by atoms with Crippen molar-refractivity contribution in [3.63, 3.8) is 0 Å². The summed E-state index contributed by atoms with van der Waals surface area (Å²) in [5, 5.41) is 9.74. The number of piperazine rings is 1. The Morgan fingerprint density at radius 3 is 2.15 bits per heavy atom. The number of hydrogen-bond acceptors (Lipinski definition) is 5. The van der Waals surface area contributed by atoms with E-state index in [-0.39, 0.29) is 36.2 Å². The smallest absolute Gasteiger partial charge is 0.253 e. The van der Waals surface area contributed by atoms with Gasteiger partial charge in [-0.1, -0.05) is 0 Å². The Hall–Kier alpha value is -1.83. The number of benzene rings is 1. The third-order valence-electron chi connectivity index (χ3n) is 5.14. The van der Waals surface area contributed by atoms with E-state index in [1.54, 1.807) is 41.2 Å². The molecule has 1 saturated carbocycles. The van der Waals surface area contributed by atoms with Crippen molar-refractivity contribution in [3.05, 3.63) is 29.8 Å². The zero-order valence-electron chi connectivity index (χ0n) is 14.8. The highest BCUT2D eigenvalue weighted by Gasteiger charge is 2.37. The average Bonchev–Trinajstić information content (AvgIpc) is 2.99. The van der Waals surface area contributed by atoms with Crippen molar-refractivity contribution in [1.82, 2.24) is 9.80 Å². The van der Waals surface area contributed by atoms with Gasteiger partial charge < -0.3 is 25.4 Å². The van der Waals surface area contributed by atoms with Gasteiger partial charge in [-0.3, -0.25) is 9.59 Å². The van der Waals surface area contributed by atoms with Gasteiger partial charge >= 0.3 is 0 Å². The summed E-state index contributed by atoms with van der Waals surface area (Å²) in [6.07, 6.45) is 0.377. The van der Waals surface area contributed by atoms with Crippen molar-refractivity contribution in [1.29, 1.82) is 0 Å². The van der Waals surface area contributed by atoms with E-state index in [0.717, 1.165) is 0 Å². The van der Waals surface area contributed by atoms with Gasteiger partial charge in [0.1, 0.15) is 5.75 Å². The predicted octanol–water partition coefficient (Wildman–Crippen LogP) is 0.500. The van der Waals surface area contributed by atoms with Crippen molar-refractivity contribution >= 4 is 24.2 Å². The van der Waals surface area contributed by atoms with Crippen LogP contribution in [0.15, 0.2) is 24.3 Å². The number of nitrogens with zero attached hydrogens (tertiary/aromatic N) is 2. The van der Waals surface area contributed by atoms with Crippen LogP contribution in [0.25, 0.3) is 0 Å². The van der Waals surface area contributed by atoms with Gasteiger partial charge in [0.2, 0.25) is 5.91 Å². The molecule has 0 unspecified atom stereocenters. The molecule has 2 aliphatic rings. The third-order valence-corrected chi connectivity index (χ3v) is 5.14. The van der Waals surface area contributed by atoms with E-state index in [4.69, 9.17) is 10.5 Å². The number of rotatable bonds is 3. The first-order valence-corrected chi connectivity index (χ1v) is 8.65. The van der Waals surface area contributed by atoms with Gasteiger partial charge in [0.25, 0.3) is 5.91 Å². The van der Waals surface area contributed by atoms with E-state index in [1.807, 2.05) is 0 Å². The van der Waals surface area contributed by atoms with Gasteiger partial charge in [0.15, 0.2) is 0 Å². The van der Waals surface area contributed by atoms with Gasteiger partial charge in [0, 0.05) is 43.7 Å². The lowest BCUT2D eigenvalue weighted by Gasteiger charge is -2.36. The first kappa shape index (κ1) is 20.5. The maximum atomic E-state index is 12.6. The summed E-state index contributed by atoms with van der Waals surface area (Å²) in [4.78, 5) is 28.7. The number of halogens is 1. The van der Waals surface area contributed by atoms with Gasteiger partial charge in [-0.15, -0.1) is 12.4 Å². The van der Waals surface area contributed by atoms with Gasteiger partial charge in [0.05, 0.1) is 13.2 Å². The fourth-order valence-corrected chi connectivity index (χ4v) is 3.55. The number of nitrogens with two attached hydrogens (primary N) is 1. The second-order valence-electron chi connectivity index (χ2n) is 6.75. The SMILES string of the molecule is COc1ccc(C(=O)N2CCN(C(=O)[C@H]3C[C@H](N)[C@@H](O)C3)CC2)cc1.Cl. The number of methoxy groups -OCH3 is 1. The molecule has 2 fully saturated rings. The van der Waals surface area contributed by atoms with E-state index in [2.05, 4.69) is 0 Å². The van der Waals surface area contributed by atoms with Crippen molar-refractivity contribution < 1.29 is 19.4 Å². The van der Waals surface area contributed by atoms with E-state index < -0.39 is 6.10 Å². The summed E-state index contributed by atoms with van der Waals surface area (Å²) < 4.78 is 5.10. The van der Waals surface area contributed by atoms with Crippen LogP contribution >= 0.6 is 12.4 Å². The minimum atomic E-state index is -0.591. The lowest BCUT2D eigenvalue weighted by molar-refractivity contribution is -0.137. The Kier molecular flexibility index (Phi) is 6.86. The molecule has 26 heavy (non-hydrogen) atoms. The molecule has 0 radical (unpaired) electrons. The number of carbonyl (C=O) groups excluding carboxylic acids is 2. The number of hydrogen-bond donors (Lipinski definition) is 2. The molecule has 2 amide bonds. The van der Waals surface area contributed by atoms with Crippen molar-refractivity contribution in [2.24, 2.45) is 11.7 Å². The second kappa shape index (κ2) is 8.70. The van der Waals surface area contributed by atoms with Crippen LogP contribution in [0.5, 0.6) is 5.75 Å².